The molecule has 0 aliphatic rings. The Morgan fingerprint density at radius 2 is 1.93 bits per heavy atom. The van der Waals surface area contributed by atoms with Crippen LogP contribution in [0.1, 0.15) is 31.1 Å². The van der Waals surface area contributed by atoms with E-state index >= 15 is 0 Å². The number of hydrogen-bond donors (Lipinski definition) is 0. The molecule has 0 heterocycles. The van der Waals surface area contributed by atoms with Crippen LogP contribution in [0, 0.1) is 5.41 Å². The second-order valence-electron chi connectivity index (χ2n) is 4.42. The lowest BCUT2D eigenvalue weighted by Crippen LogP contribution is -2.20. The molecule has 0 saturated carbocycles. The Labute approximate surface area is 98.8 Å². The Morgan fingerprint density at radius 1 is 1.33 bits per heavy atom. The van der Waals surface area contributed by atoms with E-state index in [0.29, 0.717) is 11.3 Å². The Kier molecular flexibility index (Phi) is 3.55. The highest BCUT2D eigenvalue weighted by Crippen LogP contribution is 2.29. The Bertz CT molecular complexity index is 378. The standard InChI is InChI=1S/C12H15BrO2/c1-12(2,3)11(14)9-7-8(13)5-6-10(9)15-4/h5-7H,1-4H3. The number of Topliss-reactive ketones (excluding diaryl/α,β-unsaturated/α-hetero) is 1. The summed E-state index contributed by atoms with van der Waals surface area (Å²) >= 11 is 3.35. The first-order chi connectivity index (χ1) is 6.86. The fourth-order valence-corrected chi connectivity index (χ4v) is 1.62. The number of methoxy groups -OCH3 is 1. The van der Waals surface area contributed by atoms with Gasteiger partial charge in [0.2, 0.25) is 0 Å². The van der Waals surface area contributed by atoms with Crippen molar-refractivity contribution in [1.82, 2.24) is 0 Å². The van der Waals surface area contributed by atoms with Crippen molar-refractivity contribution in [3.05, 3.63) is 28.2 Å². The maximum absolute atomic E-state index is 12.1. The summed E-state index contributed by atoms with van der Waals surface area (Å²) in [5, 5.41) is 0. The molecule has 3 heteroatoms. The summed E-state index contributed by atoms with van der Waals surface area (Å²) in [6.45, 7) is 5.70. The number of benzene rings is 1. The van der Waals surface area contributed by atoms with E-state index in [0.717, 1.165) is 4.47 Å². The molecule has 0 radical (unpaired) electrons. The largest absolute Gasteiger partial charge is 0.496 e. The third-order valence-electron chi connectivity index (χ3n) is 2.09. The van der Waals surface area contributed by atoms with Crippen LogP contribution in [0.4, 0.5) is 0 Å². The number of ketones is 1. The molecule has 1 rings (SSSR count). The molecule has 1 aromatic carbocycles. The molecule has 0 fully saturated rings. The summed E-state index contributed by atoms with van der Waals surface area (Å²) in [5.41, 5.74) is 0.230. The van der Waals surface area contributed by atoms with Crippen LogP contribution in [0.5, 0.6) is 5.75 Å². The third-order valence-corrected chi connectivity index (χ3v) is 2.58. The first-order valence-electron chi connectivity index (χ1n) is 4.74. The summed E-state index contributed by atoms with van der Waals surface area (Å²) in [7, 11) is 1.57. The fourth-order valence-electron chi connectivity index (χ4n) is 1.26. The van der Waals surface area contributed by atoms with Crippen LogP contribution >= 0.6 is 15.9 Å². The molecule has 0 spiro atoms. The van der Waals surface area contributed by atoms with E-state index in [2.05, 4.69) is 15.9 Å². The van der Waals surface area contributed by atoms with E-state index in [-0.39, 0.29) is 5.78 Å². The lowest BCUT2D eigenvalue weighted by molar-refractivity contribution is 0.0855. The van der Waals surface area contributed by atoms with Crippen molar-refractivity contribution in [3.8, 4) is 5.75 Å². The van der Waals surface area contributed by atoms with Crippen LogP contribution in [0.3, 0.4) is 0 Å². The van der Waals surface area contributed by atoms with Crippen molar-refractivity contribution in [2.45, 2.75) is 20.8 Å². The van der Waals surface area contributed by atoms with Crippen LogP contribution in [0.2, 0.25) is 0 Å². The molecule has 1 aromatic rings. The van der Waals surface area contributed by atoms with Crippen LogP contribution in [-0.2, 0) is 0 Å². The minimum absolute atomic E-state index is 0.0839. The van der Waals surface area contributed by atoms with Gasteiger partial charge < -0.3 is 4.74 Å². The van der Waals surface area contributed by atoms with E-state index in [1.54, 1.807) is 19.2 Å². The van der Waals surface area contributed by atoms with E-state index in [1.165, 1.54) is 0 Å². The molecule has 0 N–H and O–H groups in total. The zero-order valence-electron chi connectivity index (χ0n) is 9.43. The van der Waals surface area contributed by atoms with Gasteiger partial charge in [0.1, 0.15) is 5.75 Å². The zero-order chi connectivity index (χ0) is 11.6. The number of ether oxygens (including phenoxy) is 1. The minimum Gasteiger partial charge on any atom is -0.496 e. The van der Waals surface area contributed by atoms with Crippen LogP contribution in [0.15, 0.2) is 22.7 Å². The third kappa shape index (κ3) is 2.81. The van der Waals surface area contributed by atoms with Gasteiger partial charge in [0.15, 0.2) is 5.78 Å². The molecule has 0 aromatic heterocycles. The number of carbonyl (C=O) groups is 1. The highest BCUT2D eigenvalue weighted by Gasteiger charge is 2.25. The zero-order valence-corrected chi connectivity index (χ0v) is 11.0. The van der Waals surface area contributed by atoms with Crippen molar-refractivity contribution >= 4 is 21.7 Å². The predicted octanol–water partition coefficient (Wildman–Crippen LogP) is 3.69. The fraction of sp³-hybridized carbons (Fsp3) is 0.417. The van der Waals surface area contributed by atoms with Gasteiger partial charge in [0.25, 0.3) is 0 Å². The van der Waals surface area contributed by atoms with Gasteiger partial charge in [-0.15, -0.1) is 0 Å². The molecular formula is C12H15BrO2. The van der Waals surface area contributed by atoms with Gasteiger partial charge in [0.05, 0.1) is 12.7 Å². The summed E-state index contributed by atoms with van der Waals surface area (Å²) in [5.74, 6) is 0.707. The van der Waals surface area contributed by atoms with Crippen molar-refractivity contribution in [2.75, 3.05) is 7.11 Å². The highest BCUT2D eigenvalue weighted by atomic mass is 79.9. The van der Waals surface area contributed by atoms with Gasteiger partial charge in [-0.2, -0.15) is 0 Å². The number of carbonyl (C=O) groups excluding carboxylic acids is 1. The van der Waals surface area contributed by atoms with Crippen molar-refractivity contribution in [2.24, 2.45) is 5.41 Å². The van der Waals surface area contributed by atoms with Crippen molar-refractivity contribution < 1.29 is 9.53 Å². The molecule has 0 saturated heterocycles. The molecule has 0 bridgehead atoms. The number of hydrogen-bond acceptors (Lipinski definition) is 2. The van der Waals surface area contributed by atoms with Crippen LogP contribution < -0.4 is 4.74 Å². The maximum atomic E-state index is 12.1. The smallest absolute Gasteiger partial charge is 0.171 e. The highest BCUT2D eigenvalue weighted by molar-refractivity contribution is 9.10. The summed E-state index contributed by atoms with van der Waals surface area (Å²) in [6, 6.07) is 5.45. The molecule has 0 atom stereocenters. The summed E-state index contributed by atoms with van der Waals surface area (Å²) in [6.07, 6.45) is 0. The molecule has 0 aliphatic carbocycles. The van der Waals surface area contributed by atoms with Gasteiger partial charge in [-0.05, 0) is 18.2 Å². The van der Waals surface area contributed by atoms with Crippen LogP contribution in [0.25, 0.3) is 0 Å². The lowest BCUT2D eigenvalue weighted by atomic mass is 9.86. The molecule has 2 nitrogen and oxygen atoms in total. The SMILES string of the molecule is COc1ccc(Br)cc1C(=O)C(C)(C)C. The predicted molar refractivity (Wildman–Crippen MR) is 64.5 cm³/mol. The minimum atomic E-state index is -0.395. The molecule has 82 valence electrons. The Hall–Kier alpha value is -0.830. The molecule has 15 heavy (non-hydrogen) atoms. The molecule has 0 amide bonds. The maximum Gasteiger partial charge on any atom is 0.171 e. The Morgan fingerprint density at radius 3 is 2.40 bits per heavy atom. The molecule has 0 unspecified atom stereocenters. The van der Waals surface area contributed by atoms with E-state index in [9.17, 15) is 4.79 Å². The average molecular weight is 271 g/mol. The van der Waals surface area contributed by atoms with Gasteiger partial charge in [-0.1, -0.05) is 36.7 Å². The molecule has 0 aliphatic heterocycles. The topological polar surface area (TPSA) is 26.3 Å². The van der Waals surface area contributed by atoms with Gasteiger partial charge >= 0.3 is 0 Å². The van der Waals surface area contributed by atoms with Crippen LogP contribution in [-0.4, -0.2) is 12.9 Å². The van der Waals surface area contributed by atoms with E-state index in [4.69, 9.17) is 4.74 Å². The van der Waals surface area contributed by atoms with Gasteiger partial charge in [0, 0.05) is 9.89 Å². The summed E-state index contributed by atoms with van der Waals surface area (Å²) < 4.78 is 6.06. The first kappa shape index (κ1) is 12.2. The van der Waals surface area contributed by atoms with Gasteiger partial charge in [-0.3, -0.25) is 4.79 Å². The molecular weight excluding hydrogens is 256 g/mol. The second-order valence-corrected chi connectivity index (χ2v) is 5.34. The van der Waals surface area contributed by atoms with Gasteiger partial charge in [-0.25, -0.2) is 0 Å². The summed E-state index contributed by atoms with van der Waals surface area (Å²) in [4.78, 5) is 12.1. The van der Waals surface area contributed by atoms with Crippen molar-refractivity contribution in [3.63, 3.8) is 0 Å². The quantitative estimate of drug-likeness (QED) is 0.767. The normalized spacial score (nSPS) is 11.3. The first-order valence-corrected chi connectivity index (χ1v) is 5.54. The second kappa shape index (κ2) is 4.35. The average Bonchev–Trinajstić information content (AvgIpc) is 2.15. The monoisotopic (exact) mass is 270 g/mol. The number of halogens is 1. The number of rotatable bonds is 2. The van der Waals surface area contributed by atoms with E-state index < -0.39 is 5.41 Å². The van der Waals surface area contributed by atoms with E-state index in [1.807, 2.05) is 26.8 Å². The van der Waals surface area contributed by atoms with Crippen molar-refractivity contribution in [1.29, 1.82) is 0 Å². The Balaban J connectivity index is 3.23. The lowest BCUT2D eigenvalue weighted by Gasteiger charge is -2.18.